The number of alkyl halides is 3. The Bertz CT molecular complexity index is 663. The topological polar surface area (TPSA) is 71.1 Å². The number of hydrogen-bond acceptors (Lipinski definition) is 6. The average molecular weight is 346 g/mol. The second-order valence-electron chi connectivity index (χ2n) is 4.75. The fourth-order valence-electron chi connectivity index (χ4n) is 1.94. The zero-order valence-corrected chi connectivity index (χ0v) is 12.7. The molecule has 1 aromatic carbocycles. The average Bonchev–Trinajstić information content (AvgIpc) is 3.31. The number of carbonyl (C=O) groups is 2. The summed E-state index contributed by atoms with van der Waals surface area (Å²) >= 11 is 0. The van der Waals surface area contributed by atoms with Crippen molar-refractivity contribution in [1.82, 2.24) is 0 Å². The van der Waals surface area contributed by atoms with E-state index in [2.05, 4.69) is 14.2 Å². The third-order valence-corrected chi connectivity index (χ3v) is 3.11. The maximum absolute atomic E-state index is 12.1. The molecule has 0 bridgehead atoms. The SMILES string of the molecule is COC(=O)/C(Oc1ccc(OC(F)(F)F)cc1)=C1/CC1C(=O)OC. The Balaban J connectivity index is 2.15. The monoisotopic (exact) mass is 346 g/mol. The third kappa shape index (κ3) is 4.40. The largest absolute Gasteiger partial charge is 0.573 e. The molecule has 0 heterocycles. The van der Waals surface area contributed by atoms with Gasteiger partial charge in [0.2, 0.25) is 5.76 Å². The van der Waals surface area contributed by atoms with E-state index in [1.165, 1.54) is 19.2 Å². The Morgan fingerprint density at radius 1 is 1.04 bits per heavy atom. The third-order valence-electron chi connectivity index (χ3n) is 3.11. The van der Waals surface area contributed by atoms with Crippen LogP contribution in [0.2, 0.25) is 0 Å². The summed E-state index contributed by atoms with van der Waals surface area (Å²) < 4.78 is 54.6. The van der Waals surface area contributed by atoms with Gasteiger partial charge in [-0.2, -0.15) is 0 Å². The lowest BCUT2D eigenvalue weighted by Crippen LogP contribution is -2.17. The number of hydrogen-bond donors (Lipinski definition) is 0. The molecule has 0 radical (unpaired) electrons. The molecule has 0 aliphatic heterocycles. The van der Waals surface area contributed by atoms with Gasteiger partial charge in [-0.25, -0.2) is 4.79 Å². The van der Waals surface area contributed by atoms with Crippen molar-refractivity contribution in [3.05, 3.63) is 35.6 Å². The van der Waals surface area contributed by atoms with Gasteiger partial charge in [-0.15, -0.1) is 13.2 Å². The van der Waals surface area contributed by atoms with Crippen molar-refractivity contribution in [3.63, 3.8) is 0 Å². The molecule has 1 aliphatic carbocycles. The number of methoxy groups -OCH3 is 2. The Morgan fingerprint density at radius 3 is 2.12 bits per heavy atom. The molecule has 0 amide bonds. The molecule has 0 spiro atoms. The molecule has 1 aromatic rings. The quantitative estimate of drug-likeness (QED) is 0.464. The first-order valence-corrected chi connectivity index (χ1v) is 6.68. The van der Waals surface area contributed by atoms with Crippen LogP contribution in [0.15, 0.2) is 35.6 Å². The van der Waals surface area contributed by atoms with E-state index < -0.39 is 30.0 Å². The standard InChI is InChI=1S/C15H13F3O6/c1-21-13(19)11-7-10(11)12(14(20)22-2)23-8-3-5-9(6-4-8)24-15(16,17)18/h3-6,11H,7H2,1-2H3/b12-10+. The minimum atomic E-state index is -4.80. The van der Waals surface area contributed by atoms with E-state index in [9.17, 15) is 22.8 Å². The van der Waals surface area contributed by atoms with E-state index in [-0.39, 0.29) is 17.9 Å². The summed E-state index contributed by atoms with van der Waals surface area (Å²) in [7, 11) is 2.36. The minimum Gasteiger partial charge on any atom is -0.469 e. The van der Waals surface area contributed by atoms with Crippen molar-refractivity contribution in [2.75, 3.05) is 14.2 Å². The first kappa shape index (κ1) is 17.6. The molecule has 0 N–H and O–H groups in total. The van der Waals surface area contributed by atoms with Crippen molar-refractivity contribution in [1.29, 1.82) is 0 Å². The summed E-state index contributed by atoms with van der Waals surface area (Å²) in [6.45, 7) is 0. The smallest absolute Gasteiger partial charge is 0.469 e. The highest BCUT2D eigenvalue weighted by molar-refractivity contribution is 5.92. The number of benzene rings is 1. The van der Waals surface area contributed by atoms with Crippen LogP contribution < -0.4 is 9.47 Å². The van der Waals surface area contributed by atoms with Crippen LogP contribution in [-0.2, 0) is 19.1 Å². The van der Waals surface area contributed by atoms with Crippen LogP contribution in [0, 0.1) is 5.92 Å². The van der Waals surface area contributed by atoms with Crippen LogP contribution in [0.25, 0.3) is 0 Å². The molecular weight excluding hydrogens is 333 g/mol. The van der Waals surface area contributed by atoms with Gasteiger partial charge >= 0.3 is 18.3 Å². The molecule has 1 fully saturated rings. The zero-order valence-electron chi connectivity index (χ0n) is 12.7. The van der Waals surface area contributed by atoms with Crippen molar-refractivity contribution >= 4 is 11.9 Å². The predicted octanol–water partition coefficient (Wildman–Crippen LogP) is 2.58. The van der Waals surface area contributed by atoms with Crippen molar-refractivity contribution < 1.29 is 41.7 Å². The van der Waals surface area contributed by atoms with E-state index in [0.717, 1.165) is 19.2 Å². The molecule has 0 aromatic heterocycles. The van der Waals surface area contributed by atoms with Crippen LogP contribution in [0.1, 0.15) is 6.42 Å². The van der Waals surface area contributed by atoms with Crippen LogP contribution in [0.4, 0.5) is 13.2 Å². The summed E-state index contributed by atoms with van der Waals surface area (Å²) in [5.74, 6) is -2.42. The van der Waals surface area contributed by atoms with Gasteiger partial charge in [-0.1, -0.05) is 0 Å². The highest BCUT2D eigenvalue weighted by atomic mass is 19.4. The number of esters is 2. The highest BCUT2D eigenvalue weighted by Crippen LogP contribution is 2.42. The van der Waals surface area contributed by atoms with Gasteiger partial charge in [-0.3, -0.25) is 4.79 Å². The minimum absolute atomic E-state index is 0.0907. The lowest BCUT2D eigenvalue weighted by molar-refractivity contribution is -0.274. The fourth-order valence-corrected chi connectivity index (χ4v) is 1.94. The lowest BCUT2D eigenvalue weighted by Gasteiger charge is -2.11. The molecule has 1 atom stereocenters. The molecule has 6 nitrogen and oxygen atoms in total. The maximum Gasteiger partial charge on any atom is 0.573 e. The van der Waals surface area contributed by atoms with Crippen molar-refractivity contribution in [2.24, 2.45) is 5.92 Å². The second kappa shape index (κ2) is 6.81. The maximum atomic E-state index is 12.1. The Labute approximate surface area is 134 Å². The van der Waals surface area contributed by atoms with Crippen LogP contribution in [-0.4, -0.2) is 32.5 Å². The van der Waals surface area contributed by atoms with E-state index >= 15 is 0 Å². The molecule has 1 saturated carbocycles. The van der Waals surface area contributed by atoms with Gasteiger partial charge in [0.1, 0.15) is 11.5 Å². The normalized spacial score (nSPS) is 18.5. The van der Waals surface area contributed by atoms with Crippen molar-refractivity contribution in [2.45, 2.75) is 12.8 Å². The van der Waals surface area contributed by atoms with Gasteiger partial charge in [0.15, 0.2) is 0 Å². The van der Waals surface area contributed by atoms with Gasteiger partial charge in [0.25, 0.3) is 0 Å². The molecule has 9 heteroatoms. The molecule has 24 heavy (non-hydrogen) atoms. The predicted molar refractivity (Wildman–Crippen MR) is 72.9 cm³/mol. The van der Waals surface area contributed by atoms with E-state index in [1.54, 1.807) is 0 Å². The van der Waals surface area contributed by atoms with E-state index in [4.69, 9.17) is 4.74 Å². The van der Waals surface area contributed by atoms with Gasteiger partial charge in [-0.05, 0) is 36.3 Å². The summed E-state index contributed by atoms with van der Waals surface area (Å²) in [6.07, 6.45) is -4.52. The van der Waals surface area contributed by atoms with Gasteiger partial charge in [0.05, 0.1) is 20.1 Å². The summed E-state index contributed by atoms with van der Waals surface area (Å²) in [5, 5.41) is 0. The molecule has 2 rings (SSSR count). The highest BCUT2D eigenvalue weighted by Gasteiger charge is 2.43. The molecule has 130 valence electrons. The number of halogens is 3. The van der Waals surface area contributed by atoms with E-state index in [1.807, 2.05) is 0 Å². The van der Waals surface area contributed by atoms with Crippen molar-refractivity contribution in [3.8, 4) is 11.5 Å². The summed E-state index contributed by atoms with van der Waals surface area (Å²) in [5.41, 5.74) is 0.407. The molecule has 1 unspecified atom stereocenters. The molecular formula is C15H13F3O6. The Kier molecular flexibility index (Phi) is 5.01. The first-order chi connectivity index (χ1) is 11.2. The second-order valence-corrected chi connectivity index (χ2v) is 4.75. The van der Waals surface area contributed by atoms with Crippen LogP contribution in [0.3, 0.4) is 0 Å². The Hall–Kier alpha value is -2.71. The molecule has 0 saturated heterocycles. The summed E-state index contributed by atoms with van der Waals surface area (Å²) in [4.78, 5) is 23.2. The first-order valence-electron chi connectivity index (χ1n) is 6.68. The fraction of sp³-hybridized carbons (Fsp3) is 0.333. The number of ether oxygens (including phenoxy) is 4. The Morgan fingerprint density at radius 2 is 1.62 bits per heavy atom. The summed E-state index contributed by atoms with van der Waals surface area (Å²) in [6, 6.07) is 4.46. The van der Waals surface area contributed by atoms with Gasteiger partial charge < -0.3 is 18.9 Å². The molecule has 1 aliphatic rings. The van der Waals surface area contributed by atoms with E-state index in [0.29, 0.717) is 5.57 Å². The zero-order chi connectivity index (χ0) is 17.9. The van der Waals surface area contributed by atoms with Gasteiger partial charge in [0, 0.05) is 0 Å². The van der Waals surface area contributed by atoms with Crippen LogP contribution >= 0.6 is 0 Å². The lowest BCUT2D eigenvalue weighted by atomic mass is 10.3. The number of rotatable bonds is 5. The van der Waals surface area contributed by atoms with Crippen LogP contribution in [0.5, 0.6) is 11.5 Å². The number of carbonyl (C=O) groups excluding carboxylic acids is 2.